The van der Waals surface area contributed by atoms with Crippen molar-refractivity contribution in [3.63, 3.8) is 0 Å². The van der Waals surface area contributed by atoms with E-state index in [1.807, 2.05) is 30.3 Å². The number of ether oxygens (including phenoxy) is 1. The first-order chi connectivity index (χ1) is 11.1. The summed E-state index contributed by atoms with van der Waals surface area (Å²) in [7, 11) is 0. The van der Waals surface area contributed by atoms with E-state index >= 15 is 0 Å². The van der Waals surface area contributed by atoms with Gasteiger partial charge in [0.15, 0.2) is 6.61 Å². The fourth-order valence-corrected chi connectivity index (χ4v) is 2.13. The summed E-state index contributed by atoms with van der Waals surface area (Å²) < 4.78 is 5.40. The summed E-state index contributed by atoms with van der Waals surface area (Å²) in [6, 6.07) is 16.6. The zero-order valence-corrected chi connectivity index (χ0v) is 13.4. The molecular weight excluding hydrogens is 288 g/mol. The highest BCUT2D eigenvalue weighted by Crippen LogP contribution is 2.20. The van der Waals surface area contributed by atoms with Gasteiger partial charge in [-0.1, -0.05) is 32.0 Å². The van der Waals surface area contributed by atoms with Crippen LogP contribution in [0.3, 0.4) is 0 Å². The lowest BCUT2D eigenvalue weighted by molar-refractivity contribution is -0.118. The van der Waals surface area contributed by atoms with Crippen LogP contribution >= 0.6 is 0 Å². The summed E-state index contributed by atoms with van der Waals surface area (Å²) in [6.07, 6.45) is 1.08. The lowest BCUT2D eigenvalue weighted by Crippen LogP contribution is -2.20. The van der Waals surface area contributed by atoms with Gasteiger partial charge in [-0.15, -0.1) is 0 Å². The van der Waals surface area contributed by atoms with Gasteiger partial charge in [0.2, 0.25) is 0 Å². The molecule has 0 fully saturated rings. The van der Waals surface area contributed by atoms with Gasteiger partial charge in [-0.3, -0.25) is 4.79 Å². The molecule has 1 atom stereocenters. The number of carbonyl (C=O) groups excluding carboxylic acids is 1. The van der Waals surface area contributed by atoms with Crippen LogP contribution < -0.4 is 10.1 Å². The van der Waals surface area contributed by atoms with Crippen molar-refractivity contribution < 1.29 is 9.53 Å². The topological polar surface area (TPSA) is 62.1 Å². The first-order valence-corrected chi connectivity index (χ1v) is 7.65. The molecular formula is C19H20N2O2. The Kier molecular flexibility index (Phi) is 5.76. The highest BCUT2D eigenvalue weighted by atomic mass is 16.5. The summed E-state index contributed by atoms with van der Waals surface area (Å²) in [5, 5.41) is 11.6. The molecule has 4 heteroatoms. The smallest absolute Gasteiger partial charge is 0.262 e. The Bertz CT molecular complexity index is 702. The van der Waals surface area contributed by atoms with Crippen LogP contribution in [0.25, 0.3) is 0 Å². The van der Waals surface area contributed by atoms with E-state index in [1.165, 1.54) is 5.56 Å². The third-order valence-electron chi connectivity index (χ3n) is 3.71. The van der Waals surface area contributed by atoms with Crippen LogP contribution in [0.4, 0.5) is 5.69 Å². The average Bonchev–Trinajstić information content (AvgIpc) is 2.60. The zero-order valence-electron chi connectivity index (χ0n) is 13.4. The van der Waals surface area contributed by atoms with Crippen LogP contribution in [0.15, 0.2) is 48.5 Å². The SMILES string of the molecule is CCC(C)c1ccc(NC(=O)COc2cccc(C#N)c2)cc1. The van der Waals surface area contributed by atoms with Crippen molar-refractivity contribution in [1.82, 2.24) is 0 Å². The molecule has 0 heterocycles. The predicted octanol–water partition coefficient (Wildman–Crippen LogP) is 4.09. The van der Waals surface area contributed by atoms with E-state index in [0.29, 0.717) is 17.2 Å². The van der Waals surface area contributed by atoms with Crippen molar-refractivity contribution in [3.05, 3.63) is 59.7 Å². The Morgan fingerprint density at radius 2 is 2.00 bits per heavy atom. The highest BCUT2D eigenvalue weighted by molar-refractivity contribution is 5.91. The van der Waals surface area contributed by atoms with Crippen LogP contribution in [-0.4, -0.2) is 12.5 Å². The average molecular weight is 308 g/mol. The van der Waals surface area contributed by atoms with Gasteiger partial charge in [-0.2, -0.15) is 5.26 Å². The number of nitrogens with zero attached hydrogens (tertiary/aromatic N) is 1. The molecule has 2 aromatic carbocycles. The van der Waals surface area contributed by atoms with Crippen molar-refractivity contribution >= 4 is 11.6 Å². The van der Waals surface area contributed by atoms with Crippen molar-refractivity contribution in [2.24, 2.45) is 0 Å². The maximum absolute atomic E-state index is 11.9. The van der Waals surface area contributed by atoms with Crippen LogP contribution in [-0.2, 0) is 4.79 Å². The first kappa shape index (κ1) is 16.6. The molecule has 1 unspecified atom stereocenters. The third kappa shape index (κ3) is 4.86. The minimum Gasteiger partial charge on any atom is -0.484 e. The second-order valence-corrected chi connectivity index (χ2v) is 5.41. The summed E-state index contributed by atoms with van der Waals surface area (Å²) in [6.45, 7) is 4.23. The van der Waals surface area contributed by atoms with Crippen molar-refractivity contribution in [1.29, 1.82) is 5.26 Å². The van der Waals surface area contributed by atoms with Gasteiger partial charge in [0.25, 0.3) is 5.91 Å². The molecule has 0 spiro atoms. The Hall–Kier alpha value is -2.80. The molecule has 0 saturated carbocycles. The van der Waals surface area contributed by atoms with Gasteiger partial charge in [0.05, 0.1) is 11.6 Å². The molecule has 0 radical (unpaired) electrons. The number of anilines is 1. The number of carbonyl (C=O) groups is 1. The van der Waals surface area contributed by atoms with E-state index in [4.69, 9.17) is 10.00 Å². The van der Waals surface area contributed by atoms with Crippen LogP contribution in [0, 0.1) is 11.3 Å². The van der Waals surface area contributed by atoms with Gasteiger partial charge in [-0.05, 0) is 48.2 Å². The molecule has 23 heavy (non-hydrogen) atoms. The first-order valence-electron chi connectivity index (χ1n) is 7.65. The van der Waals surface area contributed by atoms with Crippen molar-refractivity contribution in [2.45, 2.75) is 26.2 Å². The van der Waals surface area contributed by atoms with Crippen molar-refractivity contribution in [3.8, 4) is 11.8 Å². The molecule has 1 amide bonds. The molecule has 118 valence electrons. The minimum atomic E-state index is -0.233. The monoisotopic (exact) mass is 308 g/mol. The van der Waals surface area contributed by atoms with E-state index in [-0.39, 0.29) is 12.5 Å². The fourth-order valence-electron chi connectivity index (χ4n) is 2.13. The summed E-state index contributed by atoms with van der Waals surface area (Å²) in [4.78, 5) is 11.9. The van der Waals surface area contributed by atoms with Gasteiger partial charge >= 0.3 is 0 Å². The molecule has 1 N–H and O–H groups in total. The molecule has 0 aliphatic heterocycles. The largest absolute Gasteiger partial charge is 0.484 e. The van der Waals surface area contributed by atoms with Crippen LogP contribution in [0.2, 0.25) is 0 Å². The number of benzene rings is 2. The number of nitriles is 1. The third-order valence-corrected chi connectivity index (χ3v) is 3.71. The van der Waals surface area contributed by atoms with E-state index in [0.717, 1.165) is 12.1 Å². The quantitative estimate of drug-likeness (QED) is 0.874. The number of hydrogen-bond donors (Lipinski definition) is 1. The van der Waals surface area contributed by atoms with Crippen LogP contribution in [0.5, 0.6) is 5.75 Å². The summed E-state index contributed by atoms with van der Waals surface area (Å²) >= 11 is 0. The second kappa shape index (κ2) is 8.00. The van der Waals surface area contributed by atoms with E-state index in [9.17, 15) is 4.79 Å². The number of amides is 1. The molecule has 4 nitrogen and oxygen atoms in total. The molecule has 0 saturated heterocycles. The Morgan fingerprint density at radius 1 is 1.26 bits per heavy atom. The Labute approximate surface area is 136 Å². The molecule has 0 bridgehead atoms. The maximum Gasteiger partial charge on any atom is 0.262 e. The predicted molar refractivity (Wildman–Crippen MR) is 90.4 cm³/mol. The maximum atomic E-state index is 11.9. The van der Waals surface area contributed by atoms with Gasteiger partial charge in [-0.25, -0.2) is 0 Å². The summed E-state index contributed by atoms with van der Waals surface area (Å²) in [5.41, 5.74) is 2.51. The van der Waals surface area contributed by atoms with Crippen LogP contribution in [0.1, 0.15) is 37.3 Å². The standard InChI is InChI=1S/C19H20N2O2/c1-3-14(2)16-7-9-17(10-8-16)21-19(22)13-23-18-6-4-5-15(11-18)12-20/h4-11,14H,3,13H2,1-2H3,(H,21,22). The molecule has 0 aliphatic rings. The van der Waals surface area contributed by atoms with Gasteiger partial charge in [0.1, 0.15) is 5.75 Å². The lowest BCUT2D eigenvalue weighted by Gasteiger charge is -2.11. The Balaban J connectivity index is 1.88. The van der Waals surface area contributed by atoms with Gasteiger partial charge in [0, 0.05) is 5.69 Å². The Morgan fingerprint density at radius 3 is 2.65 bits per heavy atom. The zero-order chi connectivity index (χ0) is 16.7. The molecule has 2 rings (SSSR count). The molecule has 0 aromatic heterocycles. The summed E-state index contributed by atoms with van der Waals surface area (Å²) in [5.74, 6) is 0.783. The van der Waals surface area contributed by atoms with E-state index < -0.39 is 0 Å². The second-order valence-electron chi connectivity index (χ2n) is 5.41. The highest BCUT2D eigenvalue weighted by Gasteiger charge is 2.06. The molecule has 0 aliphatic carbocycles. The molecule has 2 aromatic rings. The number of rotatable bonds is 6. The lowest BCUT2D eigenvalue weighted by atomic mass is 9.99. The van der Waals surface area contributed by atoms with Crippen molar-refractivity contribution in [2.75, 3.05) is 11.9 Å². The number of hydrogen-bond acceptors (Lipinski definition) is 3. The van der Waals surface area contributed by atoms with Gasteiger partial charge < -0.3 is 10.1 Å². The van der Waals surface area contributed by atoms with E-state index in [1.54, 1.807) is 24.3 Å². The minimum absolute atomic E-state index is 0.0952. The van der Waals surface area contributed by atoms with E-state index in [2.05, 4.69) is 19.2 Å². The normalized spacial score (nSPS) is 11.3. The number of nitrogens with one attached hydrogen (secondary N) is 1. The fraction of sp³-hybridized carbons (Fsp3) is 0.263.